The minimum atomic E-state index is -0.746. The summed E-state index contributed by atoms with van der Waals surface area (Å²) in [5.41, 5.74) is 0.380. The van der Waals surface area contributed by atoms with Crippen molar-refractivity contribution in [3.63, 3.8) is 0 Å². The summed E-state index contributed by atoms with van der Waals surface area (Å²) in [6.45, 7) is 0.167. The van der Waals surface area contributed by atoms with Crippen LogP contribution in [0.1, 0.15) is 16.1 Å². The molecule has 0 aliphatic heterocycles. The highest BCUT2D eigenvalue weighted by Gasteiger charge is 2.07. The average Bonchev–Trinajstić information content (AvgIpc) is 2.37. The molecule has 0 fully saturated rings. The van der Waals surface area contributed by atoms with Crippen molar-refractivity contribution >= 4 is 5.91 Å². The van der Waals surface area contributed by atoms with Gasteiger partial charge in [0.15, 0.2) is 0 Å². The number of pyridine rings is 1. The van der Waals surface area contributed by atoms with Crippen LogP contribution in [0, 0.1) is 17.6 Å². The van der Waals surface area contributed by atoms with Gasteiger partial charge in [-0.2, -0.15) is 4.39 Å². The third kappa shape index (κ3) is 3.81. The van der Waals surface area contributed by atoms with Crippen molar-refractivity contribution in [1.82, 2.24) is 10.3 Å². The highest BCUT2D eigenvalue weighted by Crippen LogP contribution is 2.08. The number of amides is 1. The lowest BCUT2D eigenvalue weighted by Crippen LogP contribution is -2.26. The lowest BCUT2D eigenvalue weighted by molar-refractivity contribution is 0.0948. The molecular formula is C14H11F3N2O. The molecule has 0 spiro atoms. The van der Waals surface area contributed by atoms with Crippen molar-refractivity contribution in [2.45, 2.75) is 6.42 Å². The molecule has 0 aliphatic rings. The molecule has 0 saturated carbocycles. The number of halogens is 3. The zero-order valence-electron chi connectivity index (χ0n) is 10.4. The summed E-state index contributed by atoms with van der Waals surface area (Å²) in [4.78, 5) is 15.1. The van der Waals surface area contributed by atoms with Gasteiger partial charge in [0.1, 0.15) is 17.3 Å². The van der Waals surface area contributed by atoms with Crippen LogP contribution in [0.2, 0.25) is 0 Å². The Morgan fingerprint density at radius 3 is 2.45 bits per heavy atom. The first-order valence-electron chi connectivity index (χ1n) is 5.90. The van der Waals surface area contributed by atoms with E-state index in [0.717, 1.165) is 12.1 Å². The fourth-order valence-electron chi connectivity index (χ4n) is 1.70. The molecule has 1 N–H and O–H groups in total. The standard InChI is InChI=1S/C14H11F3N2O/c15-10-6-9(7-11(16)8-10)4-5-18-14(20)12-2-1-3-13(17)19-12/h1-3,6-8H,4-5H2,(H,18,20). The quantitative estimate of drug-likeness (QED) is 0.874. The molecule has 1 heterocycles. The van der Waals surface area contributed by atoms with Crippen LogP contribution < -0.4 is 5.32 Å². The molecule has 0 unspecified atom stereocenters. The van der Waals surface area contributed by atoms with E-state index in [9.17, 15) is 18.0 Å². The lowest BCUT2D eigenvalue weighted by Gasteiger charge is -2.05. The zero-order valence-corrected chi connectivity index (χ0v) is 10.4. The minimum Gasteiger partial charge on any atom is -0.350 e. The summed E-state index contributed by atoms with van der Waals surface area (Å²) in [5.74, 6) is -2.62. The first-order valence-corrected chi connectivity index (χ1v) is 5.90. The smallest absolute Gasteiger partial charge is 0.270 e. The molecule has 20 heavy (non-hydrogen) atoms. The number of carbonyl (C=O) groups excluding carboxylic acids is 1. The number of nitrogens with zero attached hydrogens (tertiary/aromatic N) is 1. The molecule has 3 nitrogen and oxygen atoms in total. The van der Waals surface area contributed by atoms with Crippen LogP contribution in [-0.2, 0) is 6.42 Å². The summed E-state index contributed by atoms with van der Waals surface area (Å²) < 4.78 is 38.7. The molecule has 2 rings (SSSR count). The Balaban J connectivity index is 1.91. The average molecular weight is 280 g/mol. The van der Waals surface area contributed by atoms with Gasteiger partial charge in [-0.15, -0.1) is 0 Å². The summed E-state index contributed by atoms with van der Waals surface area (Å²) in [7, 11) is 0. The number of carbonyl (C=O) groups is 1. The summed E-state index contributed by atoms with van der Waals surface area (Å²) in [6, 6.07) is 7.04. The number of aromatic nitrogens is 1. The Hall–Kier alpha value is -2.37. The van der Waals surface area contributed by atoms with Crippen LogP contribution in [0.3, 0.4) is 0 Å². The van der Waals surface area contributed by atoms with E-state index in [2.05, 4.69) is 10.3 Å². The van der Waals surface area contributed by atoms with Crippen molar-refractivity contribution in [2.75, 3.05) is 6.54 Å². The van der Waals surface area contributed by atoms with Crippen LogP contribution >= 0.6 is 0 Å². The second-order valence-corrected chi connectivity index (χ2v) is 4.13. The largest absolute Gasteiger partial charge is 0.350 e. The summed E-state index contributed by atoms with van der Waals surface area (Å²) >= 11 is 0. The molecule has 0 aliphatic carbocycles. The fourth-order valence-corrected chi connectivity index (χ4v) is 1.70. The Kier molecular flexibility index (Phi) is 4.34. The van der Waals surface area contributed by atoms with E-state index >= 15 is 0 Å². The zero-order chi connectivity index (χ0) is 14.5. The van der Waals surface area contributed by atoms with Gasteiger partial charge in [-0.25, -0.2) is 13.8 Å². The van der Waals surface area contributed by atoms with Gasteiger partial charge in [0.25, 0.3) is 5.91 Å². The van der Waals surface area contributed by atoms with Gasteiger partial charge in [-0.1, -0.05) is 6.07 Å². The highest BCUT2D eigenvalue weighted by molar-refractivity contribution is 5.92. The molecule has 2 aromatic rings. The van der Waals surface area contributed by atoms with Crippen LogP contribution in [0.25, 0.3) is 0 Å². The first-order chi connectivity index (χ1) is 9.54. The molecule has 0 bridgehead atoms. The Morgan fingerprint density at radius 2 is 1.80 bits per heavy atom. The normalized spacial score (nSPS) is 10.3. The highest BCUT2D eigenvalue weighted by atomic mass is 19.1. The van der Waals surface area contributed by atoms with Gasteiger partial charge >= 0.3 is 0 Å². The van der Waals surface area contributed by atoms with E-state index < -0.39 is 23.5 Å². The van der Waals surface area contributed by atoms with Crippen LogP contribution in [0.5, 0.6) is 0 Å². The predicted molar refractivity (Wildman–Crippen MR) is 66.6 cm³/mol. The molecule has 0 radical (unpaired) electrons. The third-order valence-corrected chi connectivity index (χ3v) is 2.57. The minimum absolute atomic E-state index is 0.0459. The number of nitrogens with one attached hydrogen (secondary N) is 1. The molecule has 1 aromatic heterocycles. The maximum absolute atomic E-state index is 12.9. The van der Waals surface area contributed by atoms with E-state index in [1.807, 2.05) is 0 Å². The molecule has 0 atom stereocenters. The first kappa shape index (κ1) is 14.0. The number of rotatable bonds is 4. The number of hydrogen-bond donors (Lipinski definition) is 1. The Morgan fingerprint density at radius 1 is 1.10 bits per heavy atom. The van der Waals surface area contributed by atoms with Crippen LogP contribution in [0.4, 0.5) is 13.2 Å². The van der Waals surface area contributed by atoms with E-state index in [-0.39, 0.29) is 18.7 Å². The maximum Gasteiger partial charge on any atom is 0.270 e. The monoisotopic (exact) mass is 280 g/mol. The van der Waals surface area contributed by atoms with Gasteiger partial charge < -0.3 is 5.32 Å². The second-order valence-electron chi connectivity index (χ2n) is 4.13. The van der Waals surface area contributed by atoms with Gasteiger partial charge in [0.2, 0.25) is 5.95 Å². The Labute approximate surface area is 113 Å². The second kappa shape index (κ2) is 6.18. The number of benzene rings is 1. The number of hydrogen-bond acceptors (Lipinski definition) is 2. The van der Waals surface area contributed by atoms with Crippen LogP contribution in [-0.4, -0.2) is 17.4 Å². The predicted octanol–water partition coefficient (Wildman–Crippen LogP) is 2.47. The van der Waals surface area contributed by atoms with Gasteiger partial charge in [-0.05, 0) is 36.2 Å². The molecule has 0 saturated heterocycles. The van der Waals surface area contributed by atoms with Gasteiger partial charge in [-0.3, -0.25) is 4.79 Å². The van der Waals surface area contributed by atoms with E-state index in [1.54, 1.807) is 0 Å². The molecule has 6 heteroatoms. The van der Waals surface area contributed by atoms with Crippen molar-refractivity contribution in [3.05, 3.63) is 65.2 Å². The molecule has 104 valence electrons. The lowest BCUT2D eigenvalue weighted by atomic mass is 10.1. The molecular weight excluding hydrogens is 269 g/mol. The van der Waals surface area contributed by atoms with Crippen molar-refractivity contribution in [1.29, 1.82) is 0 Å². The van der Waals surface area contributed by atoms with E-state index in [0.29, 0.717) is 5.56 Å². The molecule has 1 aromatic carbocycles. The van der Waals surface area contributed by atoms with Crippen molar-refractivity contribution in [2.24, 2.45) is 0 Å². The topological polar surface area (TPSA) is 42.0 Å². The van der Waals surface area contributed by atoms with Gasteiger partial charge in [0.05, 0.1) is 0 Å². The maximum atomic E-state index is 12.9. The van der Waals surface area contributed by atoms with Gasteiger partial charge in [0, 0.05) is 12.6 Å². The SMILES string of the molecule is O=C(NCCc1cc(F)cc(F)c1)c1cccc(F)n1. The van der Waals surface area contributed by atoms with Crippen molar-refractivity contribution < 1.29 is 18.0 Å². The van der Waals surface area contributed by atoms with Crippen LogP contribution in [0.15, 0.2) is 36.4 Å². The summed E-state index contributed by atoms with van der Waals surface area (Å²) in [6.07, 6.45) is 0.260. The Bertz CT molecular complexity index is 611. The fraction of sp³-hybridized carbons (Fsp3) is 0.143. The van der Waals surface area contributed by atoms with E-state index in [1.165, 1.54) is 24.3 Å². The van der Waals surface area contributed by atoms with E-state index in [4.69, 9.17) is 0 Å². The summed E-state index contributed by atoms with van der Waals surface area (Å²) in [5, 5.41) is 2.50. The third-order valence-electron chi connectivity index (χ3n) is 2.57. The molecule has 1 amide bonds. The van der Waals surface area contributed by atoms with Crippen molar-refractivity contribution in [3.8, 4) is 0 Å².